The van der Waals surface area contributed by atoms with Crippen LogP contribution in [0.2, 0.25) is 0 Å². The number of rotatable bonds is 7. The molecule has 2 heterocycles. The Morgan fingerprint density at radius 1 is 1.45 bits per heavy atom. The summed E-state index contributed by atoms with van der Waals surface area (Å²) >= 11 is 3.10. The van der Waals surface area contributed by atoms with Gasteiger partial charge in [0.2, 0.25) is 5.91 Å². The SMILES string of the molecule is C=CCCC(=O)NCc1ccc(C(O)c2ccsc2)s1. The van der Waals surface area contributed by atoms with Crippen LogP contribution in [-0.2, 0) is 11.3 Å². The van der Waals surface area contributed by atoms with Gasteiger partial charge in [0, 0.05) is 16.2 Å². The van der Waals surface area contributed by atoms with Crippen LogP contribution in [0.4, 0.5) is 0 Å². The average molecular weight is 307 g/mol. The fraction of sp³-hybridized carbons (Fsp3) is 0.267. The number of thiophene rings is 2. The summed E-state index contributed by atoms with van der Waals surface area (Å²) in [5.74, 6) is 0.0261. The van der Waals surface area contributed by atoms with Crippen LogP contribution in [0, 0.1) is 0 Å². The molecule has 0 aliphatic heterocycles. The summed E-state index contributed by atoms with van der Waals surface area (Å²) in [6, 6.07) is 5.79. The van der Waals surface area contributed by atoms with Gasteiger partial charge in [0.05, 0.1) is 6.54 Å². The number of hydrogen-bond acceptors (Lipinski definition) is 4. The van der Waals surface area contributed by atoms with Gasteiger partial charge in [-0.15, -0.1) is 17.9 Å². The van der Waals surface area contributed by atoms with Crippen molar-refractivity contribution in [2.75, 3.05) is 0 Å². The molecular formula is C15H17NO2S2. The predicted octanol–water partition coefficient (Wildman–Crippen LogP) is 3.47. The van der Waals surface area contributed by atoms with E-state index in [1.165, 1.54) is 11.3 Å². The lowest BCUT2D eigenvalue weighted by Gasteiger charge is -2.05. The average Bonchev–Trinajstić information content (AvgIpc) is 3.12. The Morgan fingerprint density at radius 3 is 3.00 bits per heavy atom. The Labute approximate surface area is 126 Å². The van der Waals surface area contributed by atoms with Crippen LogP contribution in [0.3, 0.4) is 0 Å². The van der Waals surface area contributed by atoms with Crippen LogP contribution < -0.4 is 5.32 Å². The maximum absolute atomic E-state index is 11.5. The molecule has 2 aromatic rings. The third-order valence-corrected chi connectivity index (χ3v) is 4.69. The van der Waals surface area contributed by atoms with E-state index in [0.29, 0.717) is 19.4 Å². The number of carbonyl (C=O) groups is 1. The third kappa shape index (κ3) is 4.03. The summed E-state index contributed by atoms with van der Waals surface area (Å²) in [6.07, 6.45) is 2.33. The van der Waals surface area contributed by atoms with E-state index in [0.717, 1.165) is 15.3 Å². The van der Waals surface area contributed by atoms with Crippen molar-refractivity contribution in [3.8, 4) is 0 Å². The normalized spacial score (nSPS) is 12.1. The molecule has 0 saturated heterocycles. The molecule has 0 saturated carbocycles. The van der Waals surface area contributed by atoms with Crippen LogP contribution in [0.1, 0.15) is 34.3 Å². The molecule has 0 aromatic carbocycles. The van der Waals surface area contributed by atoms with E-state index in [-0.39, 0.29) is 5.91 Å². The number of carbonyl (C=O) groups excluding carboxylic acids is 1. The van der Waals surface area contributed by atoms with Gasteiger partial charge in [-0.25, -0.2) is 0 Å². The zero-order valence-corrected chi connectivity index (χ0v) is 12.7. The summed E-state index contributed by atoms with van der Waals surface area (Å²) in [6.45, 7) is 4.10. The molecule has 2 aromatic heterocycles. The molecule has 0 spiro atoms. The maximum atomic E-state index is 11.5. The highest BCUT2D eigenvalue weighted by Crippen LogP contribution is 2.29. The fourth-order valence-electron chi connectivity index (χ4n) is 1.74. The molecule has 1 unspecified atom stereocenters. The second-order valence-electron chi connectivity index (χ2n) is 4.37. The van der Waals surface area contributed by atoms with Crippen molar-refractivity contribution in [2.24, 2.45) is 0 Å². The lowest BCUT2D eigenvalue weighted by molar-refractivity contribution is -0.121. The lowest BCUT2D eigenvalue weighted by atomic mass is 10.2. The molecule has 0 bridgehead atoms. The topological polar surface area (TPSA) is 49.3 Å². The minimum absolute atomic E-state index is 0.0261. The molecule has 106 valence electrons. The molecule has 0 radical (unpaired) electrons. The van der Waals surface area contributed by atoms with E-state index in [2.05, 4.69) is 11.9 Å². The van der Waals surface area contributed by atoms with Crippen molar-refractivity contribution in [2.45, 2.75) is 25.5 Å². The van der Waals surface area contributed by atoms with Gasteiger partial charge in [-0.2, -0.15) is 11.3 Å². The van der Waals surface area contributed by atoms with Gasteiger partial charge in [0.15, 0.2) is 0 Å². The van der Waals surface area contributed by atoms with Crippen LogP contribution in [0.25, 0.3) is 0 Å². The molecule has 3 nitrogen and oxygen atoms in total. The monoisotopic (exact) mass is 307 g/mol. The molecule has 20 heavy (non-hydrogen) atoms. The summed E-state index contributed by atoms with van der Waals surface area (Å²) < 4.78 is 0. The Bertz CT molecular complexity index is 560. The Hall–Kier alpha value is -1.43. The van der Waals surface area contributed by atoms with E-state index >= 15 is 0 Å². The van der Waals surface area contributed by atoms with E-state index < -0.39 is 6.10 Å². The van der Waals surface area contributed by atoms with Gasteiger partial charge in [0.1, 0.15) is 6.10 Å². The van der Waals surface area contributed by atoms with Crippen LogP contribution >= 0.6 is 22.7 Å². The van der Waals surface area contributed by atoms with Crippen LogP contribution in [-0.4, -0.2) is 11.0 Å². The van der Waals surface area contributed by atoms with Crippen LogP contribution in [0.15, 0.2) is 41.6 Å². The first-order valence-electron chi connectivity index (χ1n) is 6.37. The first kappa shape index (κ1) is 15.0. The van der Waals surface area contributed by atoms with Gasteiger partial charge >= 0.3 is 0 Å². The van der Waals surface area contributed by atoms with Gasteiger partial charge in [-0.3, -0.25) is 4.79 Å². The molecule has 0 aliphatic rings. The maximum Gasteiger partial charge on any atom is 0.220 e. The molecule has 1 atom stereocenters. The quantitative estimate of drug-likeness (QED) is 0.770. The molecule has 0 fully saturated rings. The van der Waals surface area contributed by atoms with Gasteiger partial charge in [-0.1, -0.05) is 6.08 Å². The highest BCUT2D eigenvalue weighted by Gasteiger charge is 2.13. The van der Waals surface area contributed by atoms with Crippen molar-refractivity contribution in [1.82, 2.24) is 5.32 Å². The standard InChI is InChI=1S/C15H17NO2S2/c1-2-3-4-14(17)16-9-12-5-6-13(20-12)15(18)11-7-8-19-10-11/h2,5-8,10,15,18H,1,3-4,9H2,(H,16,17). The number of aliphatic hydroxyl groups excluding tert-OH is 1. The fourth-order valence-corrected chi connectivity index (χ4v) is 3.38. The summed E-state index contributed by atoms with van der Waals surface area (Å²) in [4.78, 5) is 13.4. The number of amides is 1. The summed E-state index contributed by atoms with van der Waals surface area (Å²) in [5, 5.41) is 17.0. The van der Waals surface area contributed by atoms with Crippen LogP contribution in [0.5, 0.6) is 0 Å². The number of allylic oxidation sites excluding steroid dienone is 1. The highest BCUT2D eigenvalue weighted by atomic mass is 32.1. The van der Waals surface area contributed by atoms with E-state index in [9.17, 15) is 9.90 Å². The van der Waals surface area contributed by atoms with Crippen molar-refractivity contribution < 1.29 is 9.90 Å². The van der Waals surface area contributed by atoms with Gasteiger partial charge in [-0.05, 0) is 40.9 Å². The first-order valence-corrected chi connectivity index (χ1v) is 8.13. The molecular weight excluding hydrogens is 290 g/mol. The zero-order valence-electron chi connectivity index (χ0n) is 11.0. The first-order chi connectivity index (χ1) is 9.70. The number of aliphatic hydroxyl groups is 1. The number of nitrogens with one attached hydrogen (secondary N) is 1. The lowest BCUT2D eigenvalue weighted by Crippen LogP contribution is -2.21. The Morgan fingerprint density at radius 2 is 2.30 bits per heavy atom. The molecule has 0 aliphatic carbocycles. The van der Waals surface area contributed by atoms with Gasteiger partial charge in [0.25, 0.3) is 0 Å². The van der Waals surface area contributed by atoms with Crippen molar-refractivity contribution >= 4 is 28.6 Å². The minimum Gasteiger partial charge on any atom is -0.383 e. The second-order valence-corrected chi connectivity index (χ2v) is 6.35. The number of hydrogen-bond donors (Lipinski definition) is 2. The van der Waals surface area contributed by atoms with Crippen molar-refractivity contribution in [3.05, 3.63) is 56.9 Å². The van der Waals surface area contributed by atoms with E-state index in [4.69, 9.17) is 0 Å². The highest BCUT2D eigenvalue weighted by molar-refractivity contribution is 7.12. The Balaban J connectivity index is 1.89. The van der Waals surface area contributed by atoms with E-state index in [1.54, 1.807) is 17.4 Å². The zero-order chi connectivity index (χ0) is 14.4. The summed E-state index contributed by atoms with van der Waals surface area (Å²) in [5.41, 5.74) is 0.915. The molecule has 1 amide bonds. The smallest absolute Gasteiger partial charge is 0.220 e. The summed E-state index contributed by atoms with van der Waals surface area (Å²) in [7, 11) is 0. The minimum atomic E-state index is -0.573. The molecule has 2 N–H and O–H groups in total. The van der Waals surface area contributed by atoms with Crippen molar-refractivity contribution in [3.63, 3.8) is 0 Å². The molecule has 5 heteroatoms. The van der Waals surface area contributed by atoms with Gasteiger partial charge < -0.3 is 10.4 Å². The van der Waals surface area contributed by atoms with E-state index in [1.807, 2.05) is 29.0 Å². The third-order valence-electron chi connectivity index (χ3n) is 2.85. The molecule has 2 rings (SSSR count). The predicted molar refractivity (Wildman–Crippen MR) is 84.0 cm³/mol. The largest absolute Gasteiger partial charge is 0.383 e. The van der Waals surface area contributed by atoms with Crippen molar-refractivity contribution in [1.29, 1.82) is 0 Å². The second kappa shape index (κ2) is 7.38. The Kier molecular flexibility index (Phi) is 5.52.